The molecule has 0 spiro atoms. The number of carbonyl (C=O) groups excluding carboxylic acids is 1. The van der Waals surface area contributed by atoms with E-state index in [2.05, 4.69) is 22.2 Å². The topological polar surface area (TPSA) is 47.6 Å². The van der Waals surface area contributed by atoms with E-state index in [0.717, 1.165) is 24.2 Å². The summed E-state index contributed by atoms with van der Waals surface area (Å²) < 4.78 is 34.5. The number of alkyl halides is 2. The molecule has 0 aliphatic heterocycles. The maximum atomic E-state index is 12.4. The van der Waals surface area contributed by atoms with Crippen molar-refractivity contribution in [2.24, 2.45) is 0 Å². The van der Waals surface area contributed by atoms with Gasteiger partial charge in [-0.3, -0.25) is 4.79 Å². The minimum Gasteiger partial charge on any atom is -0.489 e. The van der Waals surface area contributed by atoms with Gasteiger partial charge in [-0.05, 0) is 78.2 Å². The second-order valence-electron chi connectivity index (χ2n) is 6.75. The Labute approximate surface area is 171 Å². The van der Waals surface area contributed by atoms with Crippen LogP contribution in [0.1, 0.15) is 32.8 Å². The number of aryl methyl sites for hydroxylation is 2. The Kier molecular flexibility index (Phi) is 5.76. The van der Waals surface area contributed by atoms with Crippen molar-refractivity contribution in [2.75, 3.05) is 5.32 Å². The van der Waals surface area contributed by atoms with Crippen molar-refractivity contribution >= 4 is 22.9 Å². The summed E-state index contributed by atoms with van der Waals surface area (Å²) in [6.07, 6.45) is 3.44. The number of rotatable bonds is 7. The fraction of sp³-hybridized carbons (Fsp3) is 0.227. The fourth-order valence-electron chi connectivity index (χ4n) is 3.29. The van der Waals surface area contributed by atoms with Gasteiger partial charge < -0.3 is 14.8 Å². The molecule has 1 aromatic heterocycles. The molecule has 4 rings (SSSR count). The highest BCUT2D eigenvalue weighted by molar-refractivity contribution is 7.12. The summed E-state index contributed by atoms with van der Waals surface area (Å²) in [7, 11) is 0. The van der Waals surface area contributed by atoms with Crippen LogP contribution in [0.3, 0.4) is 0 Å². The molecular weight excluding hydrogens is 396 g/mol. The number of hydrogen-bond donors (Lipinski definition) is 1. The molecule has 3 aromatic rings. The summed E-state index contributed by atoms with van der Waals surface area (Å²) in [6, 6.07) is 13.8. The summed E-state index contributed by atoms with van der Waals surface area (Å²) in [6.45, 7) is -2.48. The number of nitrogens with one attached hydrogen (secondary N) is 1. The Morgan fingerprint density at radius 2 is 1.79 bits per heavy atom. The Hall–Kier alpha value is -2.93. The molecule has 1 N–H and O–H groups in total. The van der Waals surface area contributed by atoms with Crippen LogP contribution in [-0.4, -0.2) is 12.5 Å². The predicted octanol–water partition coefficient (Wildman–Crippen LogP) is 5.67. The molecule has 150 valence electrons. The number of carbonyl (C=O) groups is 1. The van der Waals surface area contributed by atoms with Crippen molar-refractivity contribution in [3.05, 3.63) is 75.5 Å². The average molecular weight is 415 g/mol. The molecule has 29 heavy (non-hydrogen) atoms. The Bertz CT molecular complexity index is 1000. The molecule has 1 aliphatic rings. The number of halogens is 2. The SMILES string of the molecule is O=C(Nc1ccc(OC(F)F)cc1)c1cc(COc2ccc3c(c2)CCC3)cs1. The fourth-order valence-corrected chi connectivity index (χ4v) is 4.08. The van der Waals surface area contributed by atoms with Crippen LogP contribution in [0.4, 0.5) is 14.5 Å². The lowest BCUT2D eigenvalue weighted by Crippen LogP contribution is -2.10. The van der Waals surface area contributed by atoms with E-state index in [1.165, 1.54) is 53.1 Å². The number of benzene rings is 2. The molecule has 0 unspecified atom stereocenters. The smallest absolute Gasteiger partial charge is 0.387 e. The van der Waals surface area contributed by atoms with Crippen molar-refractivity contribution in [2.45, 2.75) is 32.5 Å². The van der Waals surface area contributed by atoms with E-state index in [0.29, 0.717) is 17.2 Å². The molecule has 0 saturated heterocycles. The Morgan fingerprint density at radius 3 is 2.59 bits per heavy atom. The van der Waals surface area contributed by atoms with Gasteiger partial charge in [-0.25, -0.2) is 0 Å². The van der Waals surface area contributed by atoms with Crippen LogP contribution < -0.4 is 14.8 Å². The zero-order valence-electron chi connectivity index (χ0n) is 15.5. The van der Waals surface area contributed by atoms with E-state index in [1.807, 2.05) is 11.4 Å². The molecule has 2 aromatic carbocycles. The van der Waals surface area contributed by atoms with Crippen molar-refractivity contribution in [3.8, 4) is 11.5 Å². The number of amides is 1. The zero-order valence-corrected chi connectivity index (χ0v) is 16.3. The first-order valence-corrected chi connectivity index (χ1v) is 10.1. The van der Waals surface area contributed by atoms with Crippen molar-refractivity contribution in [1.29, 1.82) is 0 Å². The summed E-state index contributed by atoms with van der Waals surface area (Å²) in [5, 5.41) is 4.63. The highest BCUT2D eigenvalue weighted by atomic mass is 32.1. The number of hydrogen-bond acceptors (Lipinski definition) is 4. The second kappa shape index (κ2) is 8.61. The van der Waals surface area contributed by atoms with Crippen LogP contribution in [0.25, 0.3) is 0 Å². The van der Waals surface area contributed by atoms with Crippen LogP contribution >= 0.6 is 11.3 Å². The van der Waals surface area contributed by atoms with Gasteiger partial charge in [-0.1, -0.05) is 6.07 Å². The van der Waals surface area contributed by atoms with Crippen LogP contribution in [0.15, 0.2) is 53.9 Å². The maximum Gasteiger partial charge on any atom is 0.387 e. The van der Waals surface area contributed by atoms with Crippen molar-refractivity contribution < 1.29 is 23.0 Å². The average Bonchev–Trinajstić information content (AvgIpc) is 3.36. The summed E-state index contributed by atoms with van der Waals surface area (Å²) in [5.41, 5.74) is 4.18. The molecule has 4 nitrogen and oxygen atoms in total. The minimum atomic E-state index is -2.88. The van der Waals surface area contributed by atoms with E-state index >= 15 is 0 Å². The van der Waals surface area contributed by atoms with Crippen LogP contribution in [0.5, 0.6) is 11.5 Å². The zero-order chi connectivity index (χ0) is 20.2. The van der Waals surface area contributed by atoms with Crippen molar-refractivity contribution in [1.82, 2.24) is 0 Å². The standard InChI is InChI=1S/C22H19F2NO3S/c23-22(24)28-18-8-5-17(6-9-18)25-21(26)20-10-14(13-29-20)12-27-19-7-4-15-2-1-3-16(15)11-19/h4-11,13,22H,1-3,12H2,(H,25,26). The molecule has 0 radical (unpaired) electrons. The number of anilines is 1. The lowest BCUT2D eigenvalue weighted by molar-refractivity contribution is -0.0498. The third-order valence-corrected chi connectivity index (χ3v) is 5.67. The second-order valence-corrected chi connectivity index (χ2v) is 7.66. The quantitative estimate of drug-likeness (QED) is 0.541. The van der Waals surface area contributed by atoms with Gasteiger partial charge in [0.1, 0.15) is 18.1 Å². The lowest BCUT2D eigenvalue weighted by Gasteiger charge is -2.07. The van der Waals surface area contributed by atoms with Gasteiger partial charge in [-0.15, -0.1) is 11.3 Å². The summed E-state index contributed by atoms with van der Waals surface area (Å²) >= 11 is 1.33. The molecule has 1 amide bonds. The van der Waals surface area contributed by atoms with Crippen LogP contribution in [-0.2, 0) is 19.4 Å². The first kappa shape index (κ1) is 19.4. The van der Waals surface area contributed by atoms with E-state index in [4.69, 9.17) is 4.74 Å². The normalized spacial score (nSPS) is 12.7. The molecule has 0 fully saturated rings. The van der Waals surface area contributed by atoms with Crippen molar-refractivity contribution in [3.63, 3.8) is 0 Å². The lowest BCUT2D eigenvalue weighted by atomic mass is 10.1. The van der Waals surface area contributed by atoms with Crippen LogP contribution in [0.2, 0.25) is 0 Å². The monoisotopic (exact) mass is 415 g/mol. The third-order valence-electron chi connectivity index (χ3n) is 4.69. The van der Waals surface area contributed by atoms with E-state index in [9.17, 15) is 13.6 Å². The number of thiophene rings is 1. The molecule has 1 aliphatic carbocycles. The van der Waals surface area contributed by atoms with Gasteiger partial charge in [0, 0.05) is 11.3 Å². The Morgan fingerprint density at radius 1 is 1.03 bits per heavy atom. The number of fused-ring (bicyclic) bond motifs is 1. The molecule has 7 heteroatoms. The third kappa shape index (κ3) is 4.92. The molecule has 0 saturated carbocycles. The van der Waals surface area contributed by atoms with E-state index < -0.39 is 6.61 Å². The van der Waals surface area contributed by atoms with Gasteiger partial charge in [-0.2, -0.15) is 8.78 Å². The highest BCUT2D eigenvalue weighted by Gasteiger charge is 2.13. The largest absolute Gasteiger partial charge is 0.489 e. The number of ether oxygens (including phenoxy) is 2. The Balaban J connectivity index is 1.32. The first-order chi connectivity index (χ1) is 14.1. The minimum absolute atomic E-state index is 0.0418. The first-order valence-electron chi connectivity index (χ1n) is 9.25. The summed E-state index contributed by atoms with van der Waals surface area (Å²) in [5.74, 6) is 0.621. The van der Waals surface area contributed by atoms with Crippen LogP contribution in [0, 0.1) is 0 Å². The highest BCUT2D eigenvalue weighted by Crippen LogP contribution is 2.27. The van der Waals surface area contributed by atoms with E-state index in [-0.39, 0.29) is 11.7 Å². The molecule has 1 heterocycles. The molecule has 0 atom stereocenters. The molecular formula is C22H19F2NO3S. The summed E-state index contributed by atoms with van der Waals surface area (Å²) in [4.78, 5) is 12.9. The van der Waals surface area contributed by atoms with Gasteiger partial charge >= 0.3 is 6.61 Å². The van der Waals surface area contributed by atoms with Gasteiger partial charge in [0.25, 0.3) is 5.91 Å². The molecule has 0 bridgehead atoms. The van der Waals surface area contributed by atoms with E-state index in [1.54, 1.807) is 6.07 Å². The maximum absolute atomic E-state index is 12.4. The van der Waals surface area contributed by atoms with Gasteiger partial charge in [0.05, 0.1) is 4.88 Å². The predicted molar refractivity (Wildman–Crippen MR) is 108 cm³/mol. The van der Waals surface area contributed by atoms with Gasteiger partial charge in [0.2, 0.25) is 0 Å². The van der Waals surface area contributed by atoms with Gasteiger partial charge in [0.15, 0.2) is 0 Å².